The molecular formula is C15H8BrF3N2. The first-order valence-corrected chi connectivity index (χ1v) is 6.84. The number of rotatable bonds is 1. The summed E-state index contributed by atoms with van der Waals surface area (Å²) in [6, 6.07) is 13.7. The molecule has 0 unspecified atom stereocenters. The van der Waals surface area contributed by atoms with E-state index >= 15 is 0 Å². The van der Waals surface area contributed by atoms with Gasteiger partial charge in [0.1, 0.15) is 0 Å². The van der Waals surface area contributed by atoms with Gasteiger partial charge in [-0.1, -0.05) is 46.3 Å². The lowest BCUT2D eigenvalue weighted by Gasteiger charge is -2.11. The Morgan fingerprint density at radius 3 is 2.29 bits per heavy atom. The van der Waals surface area contributed by atoms with Crippen LogP contribution < -0.4 is 0 Å². The fourth-order valence-electron chi connectivity index (χ4n) is 2.04. The number of fused-ring (bicyclic) bond motifs is 1. The summed E-state index contributed by atoms with van der Waals surface area (Å²) in [5.41, 5.74) is 1.15. The molecule has 2 nitrogen and oxygen atoms in total. The SMILES string of the molecule is FC(F)(F)c1nc(-c2ccccc2)c2cc(Br)ccc2n1. The highest BCUT2D eigenvalue weighted by atomic mass is 79.9. The maximum absolute atomic E-state index is 13.0. The molecule has 0 radical (unpaired) electrons. The number of nitrogens with zero attached hydrogens (tertiary/aromatic N) is 2. The van der Waals surface area contributed by atoms with E-state index in [0.717, 1.165) is 4.47 Å². The van der Waals surface area contributed by atoms with Gasteiger partial charge in [-0.3, -0.25) is 0 Å². The molecule has 0 amide bonds. The molecule has 106 valence electrons. The van der Waals surface area contributed by atoms with Gasteiger partial charge in [-0.2, -0.15) is 13.2 Å². The summed E-state index contributed by atoms with van der Waals surface area (Å²) in [7, 11) is 0. The molecular weight excluding hydrogens is 345 g/mol. The maximum atomic E-state index is 13.0. The van der Waals surface area contributed by atoms with Crippen molar-refractivity contribution in [2.24, 2.45) is 0 Å². The first kappa shape index (κ1) is 14.0. The lowest BCUT2D eigenvalue weighted by molar-refractivity contribution is -0.144. The molecule has 0 aliphatic rings. The van der Waals surface area contributed by atoms with Gasteiger partial charge in [0, 0.05) is 15.4 Å². The number of aromatic nitrogens is 2. The molecule has 1 aromatic heterocycles. The van der Waals surface area contributed by atoms with Gasteiger partial charge in [-0.05, 0) is 18.2 Å². The quantitative estimate of drug-likeness (QED) is 0.610. The van der Waals surface area contributed by atoms with E-state index in [1.165, 1.54) is 0 Å². The molecule has 0 N–H and O–H groups in total. The summed E-state index contributed by atoms with van der Waals surface area (Å²) in [6.45, 7) is 0. The molecule has 2 aromatic carbocycles. The fourth-order valence-corrected chi connectivity index (χ4v) is 2.40. The van der Waals surface area contributed by atoms with Crippen LogP contribution in [0.5, 0.6) is 0 Å². The smallest absolute Gasteiger partial charge is 0.224 e. The summed E-state index contributed by atoms with van der Waals surface area (Å²) >= 11 is 3.32. The second-order valence-electron chi connectivity index (χ2n) is 4.42. The summed E-state index contributed by atoms with van der Waals surface area (Å²) in [5, 5.41) is 0.573. The molecule has 0 spiro atoms. The third-order valence-corrected chi connectivity index (χ3v) is 3.45. The van der Waals surface area contributed by atoms with Gasteiger partial charge in [-0.25, -0.2) is 9.97 Å². The molecule has 6 heteroatoms. The molecule has 0 saturated carbocycles. The normalized spacial score (nSPS) is 11.8. The molecule has 0 fully saturated rings. The monoisotopic (exact) mass is 352 g/mol. The van der Waals surface area contributed by atoms with Crippen LogP contribution in [-0.4, -0.2) is 9.97 Å². The Labute approximate surface area is 126 Å². The third kappa shape index (κ3) is 2.76. The number of hydrogen-bond acceptors (Lipinski definition) is 2. The average molecular weight is 353 g/mol. The van der Waals surface area contributed by atoms with Crippen LogP contribution in [0.25, 0.3) is 22.2 Å². The minimum absolute atomic E-state index is 0.263. The van der Waals surface area contributed by atoms with E-state index in [0.29, 0.717) is 10.9 Å². The Morgan fingerprint density at radius 2 is 1.62 bits per heavy atom. The van der Waals surface area contributed by atoms with Gasteiger partial charge < -0.3 is 0 Å². The van der Waals surface area contributed by atoms with E-state index in [2.05, 4.69) is 25.9 Å². The predicted octanol–water partition coefficient (Wildman–Crippen LogP) is 5.08. The minimum Gasteiger partial charge on any atom is -0.224 e. The Morgan fingerprint density at radius 1 is 0.905 bits per heavy atom. The minimum atomic E-state index is -4.58. The lowest BCUT2D eigenvalue weighted by atomic mass is 10.1. The van der Waals surface area contributed by atoms with Crippen molar-refractivity contribution >= 4 is 26.8 Å². The van der Waals surface area contributed by atoms with Crippen LogP contribution in [-0.2, 0) is 6.18 Å². The molecule has 0 bridgehead atoms. The number of alkyl halides is 3. The highest BCUT2D eigenvalue weighted by Crippen LogP contribution is 2.33. The summed E-state index contributed by atoms with van der Waals surface area (Å²) in [4.78, 5) is 7.34. The first-order chi connectivity index (χ1) is 9.95. The highest BCUT2D eigenvalue weighted by molar-refractivity contribution is 9.10. The largest absolute Gasteiger partial charge is 0.451 e. The van der Waals surface area contributed by atoms with Crippen LogP contribution in [0.3, 0.4) is 0 Å². The average Bonchev–Trinajstić information content (AvgIpc) is 2.46. The second kappa shape index (κ2) is 5.11. The Bertz CT molecular complexity index is 801. The predicted molar refractivity (Wildman–Crippen MR) is 77.7 cm³/mol. The number of benzene rings is 2. The van der Waals surface area contributed by atoms with Crippen LogP contribution in [0.4, 0.5) is 13.2 Å². The van der Waals surface area contributed by atoms with Crippen LogP contribution in [0, 0.1) is 0 Å². The van der Waals surface area contributed by atoms with Gasteiger partial charge in [0.15, 0.2) is 0 Å². The molecule has 3 rings (SSSR count). The van der Waals surface area contributed by atoms with Crippen molar-refractivity contribution in [2.45, 2.75) is 6.18 Å². The van der Waals surface area contributed by atoms with Crippen LogP contribution in [0.1, 0.15) is 5.82 Å². The van der Waals surface area contributed by atoms with Crippen LogP contribution in [0.15, 0.2) is 53.0 Å². The van der Waals surface area contributed by atoms with Crippen molar-refractivity contribution in [3.8, 4) is 11.3 Å². The zero-order valence-corrected chi connectivity index (χ0v) is 12.1. The third-order valence-electron chi connectivity index (χ3n) is 2.96. The molecule has 0 aliphatic heterocycles. The number of hydrogen-bond donors (Lipinski definition) is 0. The van der Waals surface area contributed by atoms with Crippen molar-refractivity contribution < 1.29 is 13.2 Å². The lowest BCUT2D eigenvalue weighted by Crippen LogP contribution is -2.12. The van der Waals surface area contributed by atoms with Crippen LogP contribution >= 0.6 is 15.9 Å². The molecule has 1 heterocycles. The van der Waals surface area contributed by atoms with Crippen molar-refractivity contribution in [3.05, 3.63) is 58.8 Å². The standard InChI is InChI=1S/C15H8BrF3N2/c16-10-6-7-12-11(8-10)13(9-4-2-1-3-5-9)21-14(20-12)15(17,18)19/h1-8H. The summed E-state index contributed by atoms with van der Waals surface area (Å²) < 4.78 is 39.6. The maximum Gasteiger partial charge on any atom is 0.451 e. The Kier molecular flexibility index (Phi) is 3.41. The van der Waals surface area contributed by atoms with Gasteiger partial charge >= 0.3 is 6.18 Å². The topological polar surface area (TPSA) is 25.8 Å². The molecule has 0 atom stereocenters. The molecule has 0 saturated heterocycles. The van der Waals surface area contributed by atoms with E-state index in [1.807, 2.05) is 0 Å². The summed E-state index contributed by atoms with van der Waals surface area (Å²) in [5.74, 6) is -1.13. The van der Waals surface area contributed by atoms with Crippen LogP contribution in [0.2, 0.25) is 0 Å². The summed E-state index contributed by atoms with van der Waals surface area (Å²) in [6.07, 6.45) is -4.58. The zero-order chi connectivity index (χ0) is 15.0. The van der Waals surface area contributed by atoms with Gasteiger partial charge in [0.25, 0.3) is 0 Å². The first-order valence-electron chi connectivity index (χ1n) is 6.05. The van der Waals surface area contributed by atoms with E-state index in [4.69, 9.17) is 0 Å². The zero-order valence-electron chi connectivity index (χ0n) is 10.5. The van der Waals surface area contributed by atoms with Gasteiger partial charge in [0.2, 0.25) is 5.82 Å². The fraction of sp³-hybridized carbons (Fsp3) is 0.0667. The van der Waals surface area contributed by atoms with Crippen molar-refractivity contribution in [2.75, 3.05) is 0 Å². The van der Waals surface area contributed by atoms with E-state index in [1.54, 1.807) is 48.5 Å². The second-order valence-corrected chi connectivity index (χ2v) is 5.34. The van der Waals surface area contributed by atoms with Crippen molar-refractivity contribution in [3.63, 3.8) is 0 Å². The molecule has 3 aromatic rings. The molecule has 21 heavy (non-hydrogen) atoms. The Hall–Kier alpha value is -1.95. The van der Waals surface area contributed by atoms with E-state index in [9.17, 15) is 13.2 Å². The van der Waals surface area contributed by atoms with Crippen molar-refractivity contribution in [1.82, 2.24) is 9.97 Å². The van der Waals surface area contributed by atoms with Crippen molar-refractivity contribution in [1.29, 1.82) is 0 Å². The van der Waals surface area contributed by atoms with E-state index in [-0.39, 0.29) is 11.2 Å². The highest BCUT2D eigenvalue weighted by Gasteiger charge is 2.35. The van der Waals surface area contributed by atoms with E-state index < -0.39 is 12.0 Å². The molecule has 0 aliphatic carbocycles. The van der Waals surface area contributed by atoms with Gasteiger partial charge in [-0.15, -0.1) is 0 Å². The number of halogens is 4. The Balaban J connectivity index is 2.36. The van der Waals surface area contributed by atoms with Gasteiger partial charge in [0.05, 0.1) is 11.2 Å².